The van der Waals surface area contributed by atoms with Gasteiger partial charge in [0.1, 0.15) is 0 Å². The van der Waals surface area contributed by atoms with Crippen molar-refractivity contribution in [2.45, 2.75) is 26.8 Å². The molecule has 2 rings (SSSR count). The Bertz CT molecular complexity index is 667. The van der Waals surface area contributed by atoms with Gasteiger partial charge in [0.15, 0.2) is 17.5 Å². The smallest absolute Gasteiger partial charge is 0.310 e. The quantitative estimate of drug-likeness (QED) is 0.286. The molecule has 8 heteroatoms. The number of esters is 1. The summed E-state index contributed by atoms with van der Waals surface area (Å²) in [5.41, 5.74) is 2.46. The minimum atomic E-state index is -0.268. The Balaban J connectivity index is 0.00000364. The molecule has 1 aliphatic heterocycles. The van der Waals surface area contributed by atoms with Crippen LogP contribution >= 0.6 is 24.0 Å². The molecule has 0 aromatic heterocycles. The molecule has 1 unspecified atom stereocenters. The number of benzene rings is 1. The van der Waals surface area contributed by atoms with Crippen LogP contribution in [0.3, 0.4) is 0 Å². The summed E-state index contributed by atoms with van der Waals surface area (Å²) in [5, 5.41) is 3.31. The van der Waals surface area contributed by atoms with Crippen molar-refractivity contribution in [2.24, 2.45) is 10.9 Å². The summed E-state index contributed by atoms with van der Waals surface area (Å²) in [7, 11) is 4.69. The minimum Gasteiger partial charge on any atom is -0.493 e. The van der Waals surface area contributed by atoms with Crippen molar-refractivity contribution < 1.29 is 19.0 Å². The van der Waals surface area contributed by atoms with Gasteiger partial charge in [-0.3, -0.25) is 9.79 Å². The average molecular weight is 491 g/mol. The average Bonchev–Trinajstić information content (AvgIpc) is 2.68. The van der Waals surface area contributed by atoms with Gasteiger partial charge in [0.2, 0.25) is 0 Å². The van der Waals surface area contributed by atoms with Gasteiger partial charge in [-0.1, -0.05) is 6.92 Å². The van der Waals surface area contributed by atoms with Crippen LogP contribution in [0.1, 0.15) is 25.0 Å². The molecule has 0 aliphatic carbocycles. The Hall–Kier alpha value is -1.71. The second kappa shape index (κ2) is 11.2. The maximum absolute atomic E-state index is 11.6. The summed E-state index contributed by atoms with van der Waals surface area (Å²) >= 11 is 0. The fourth-order valence-corrected chi connectivity index (χ4v) is 2.99. The van der Waals surface area contributed by atoms with E-state index in [-0.39, 0.29) is 35.9 Å². The number of carbonyl (C=O) groups excluding carboxylic acids is 1. The normalized spacial score (nSPS) is 14.6. The van der Waals surface area contributed by atoms with E-state index < -0.39 is 0 Å². The fraction of sp³-hybridized carbons (Fsp3) is 0.579. The Morgan fingerprint density at radius 1 is 1.22 bits per heavy atom. The highest BCUT2D eigenvalue weighted by atomic mass is 127. The topological polar surface area (TPSA) is 72.4 Å². The predicted molar refractivity (Wildman–Crippen MR) is 116 cm³/mol. The Kier molecular flexibility index (Phi) is 9.68. The van der Waals surface area contributed by atoms with Gasteiger partial charge >= 0.3 is 5.97 Å². The zero-order chi connectivity index (χ0) is 19.1. The van der Waals surface area contributed by atoms with Crippen molar-refractivity contribution in [2.75, 3.05) is 41.0 Å². The van der Waals surface area contributed by atoms with E-state index in [1.165, 1.54) is 18.2 Å². The number of guanidine groups is 1. The van der Waals surface area contributed by atoms with E-state index in [9.17, 15) is 4.79 Å². The first-order chi connectivity index (χ1) is 12.5. The Morgan fingerprint density at radius 2 is 1.85 bits per heavy atom. The third-order valence-corrected chi connectivity index (χ3v) is 4.47. The van der Waals surface area contributed by atoms with Gasteiger partial charge in [-0.05, 0) is 36.6 Å². The largest absolute Gasteiger partial charge is 0.493 e. The van der Waals surface area contributed by atoms with Gasteiger partial charge in [0.05, 0.1) is 33.8 Å². The first-order valence-corrected chi connectivity index (χ1v) is 8.88. The number of nitrogens with zero attached hydrogens (tertiary/aromatic N) is 2. The molecule has 1 heterocycles. The SMILES string of the molecule is CCNC(=NCC(C)C(=O)OC)N1CCc2cc(OC)c(OC)cc2C1.I. The molecular weight excluding hydrogens is 461 g/mol. The van der Waals surface area contributed by atoms with Crippen molar-refractivity contribution in [1.82, 2.24) is 10.2 Å². The molecule has 1 N–H and O–H groups in total. The highest BCUT2D eigenvalue weighted by Crippen LogP contribution is 2.33. The van der Waals surface area contributed by atoms with Gasteiger partial charge in [-0.25, -0.2) is 0 Å². The van der Waals surface area contributed by atoms with Gasteiger partial charge < -0.3 is 24.4 Å². The molecule has 0 spiro atoms. The van der Waals surface area contributed by atoms with Crippen LogP contribution in [0.5, 0.6) is 11.5 Å². The lowest BCUT2D eigenvalue weighted by atomic mass is 9.99. The predicted octanol–water partition coefficient (Wildman–Crippen LogP) is 2.45. The number of rotatable bonds is 6. The van der Waals surface area contributed by atoms with Gasteiger partial charge in [-0.15, -0.1) is 24.0 Å². The maximum Gasteiger partial charge on any atom is 0.310 e. The molecule has 0 amide bonds. The molecule has 1 atom stereocenters. The number of methoxy groups -OCH3 is 3. The summed E-state index contributed by atoms with van der Waals surface area (Å²) in [4.78, 5) is 18.4. The number of nitrogens with one attached hydrogen (secondary N) is 1. The van der Waals surface area contributed by atoms with Gasteiger partial charge in [-0.2, -0.15) is 0 Å². The molecule has 1 aliphatic rings. The minimum absolute atomic E-state index is 0. The van der Waals surface area contributed by atoms with E-state index in [0.29, 0.717) is 6.54 Å². The van der Waals surface area contributed by atoms with Gasteiger partial charge in [0, 0.05) is 19.6 Å². The first-order valence-electron chi connectivity index (χ1n) is 8.88. The first kappa shape index (κ1) is 23.3. The number of fused-ring (bicyclic) bond motifs is 1. The molecular formula is C19H30IN3O4. The zero-order valence-electron chi connectivity index (χ0n) is 16.7. The standard InChI is InChI=1S/C19H29N3O4.HI/c1-6-20-19(21-11-13(2)18(23)26-5)22-8-7-14-9-16(24-3)17(25-4)10-15(14)12-22;/h9-10,13H,6-8,11-12H2,1-5H3,(H,20,21);1H. The van der Waals surface area contributed by atoms with Crippen LogP contribution in [-0.2, 0) is 22.5 Å². The lowest BCUT2D eigenvalue weighted by molar-refractivity contribution is -0.144. The monoisotopic (exact) mass is 491 g/mol. The van der Waals surface area contributed by atoms with Crippen LogP contribution in [0.25, 0.3) is 0 Å². The van der Waals surface area contributed by atoms with E-state index in [1.807, 2.05) is 19.9 Å². The molecule has 0 fully saturated rings. The number of carbonyl (C=O) groups is 1. The van der Waals surface area contributed by atoms with Crippen molar-refractivity contribution in [3.05, 3.63) is 23.3 Å². The summed E-state index contributed by atoms with van der Waals surface area (Å²) in [6.07, 6.45) is 0.895. The number of aliphatic imine (C=N–C) groups is 1. The van der Waals surface area contributed by atoms with E-state index in [0.717, 1.165) is 43.5 Å². The van der Waals surface area contributed by atoms with Gasteiger partial charge in [0.25, 0.3) is 0 Å². The van der Waals surface area contributed by atoms with Crippen LogP contribution in [0.15, 0.2) is 17.1 Å². The lowest BCUT2D eigenvalue weighted by Gasteiger charge is -2.32. The van der Waals surface area contributed by atoms with Crippen LogP contribution in [-0.4, -0.2) is 57.8 Å². The molecule has 1 aromatic rings. The van der Waals surface area contributed by atoms with Crippen LogP contribution in [0, 0.1) is 5.92 Å². The maximum atomic E-state index is 11.6. The van der Waals surface area contributed by atoms with Crippen LogP contribution in [0.4, 0.5) is 0 Å². The van der Waals surface area contributed by atoms with E-state index >= 15 is 0 Å². The Morgan fingerprint density at radius 3 is 2.41 bits per heavy atom. The number of hydrogen-bond donors (Lipinski definition) is 1. The fourth-order valence-electron chi connectivity index (χ4n) is 2.99. The zero-order valence-corrected chi connectivity index (χ0v) is 19.0. The Labute approximate surface area is 178 Å². The molecule has 0 radical (unpaired) electrons. The van der Waals surface area contributed by atoms with Crippen molar-refractivity contribution in [1.29, 1.82) is 0 Å². The molecule has 152 valence electrons. The lowest BCUT2D eigenvalue weighted by Crippen LogP contribution is -2.44. The molecule has 0 saturated carbocycles. The highest BCUT2D eigenvalue weighted by molar-refractivity contribution is 14.0. The van der Waals surface area contributed by atoms with E-state index in [2.05, 4.69) is 21.3 Å². The summed E-state index contributed by atoms with van der Waals surface area (Å²) in [6.45, 7) is 6.59. The number of hydrogen-bond acceptors (Lipinski definition) is 5. The second-order valence-electron chi connectivity index (χ2n) is 6.27. The molecule has 7 nitrogen and oxygen atoms in total. The molecule has 27 heavy (non-hydrogen) atoms. The van der Waals surface area contributed by atoms with Crippen molar-refractivity contribution >= 4 is 35.9 Å². The van der Waals surface area contributed by atoms with Crippen LogP contribution in [0.2, 0.25) is 0 Å². The third kappa shape index (κ3) is 5.88. The van der Waals surface area contributed by atoms with Crippen LogP contribution < -0.4 is 14.8 Å². The van der Waals surface area contributed by atoms with Crippen molar-refractivity contribution in [3.63, 3.8) is 0 Å². The summed E-state index contributed by atoms with van der Waals surface area (Å²) in [6, 6.07) is 4.08. The summed E-state index contributed by atoms with van der Waals surface area (Å²) in [5.74, 6) is 1.78. The second-order valence-corrected chi connectivity index (χ2v) is 6.27. The van der Waals surface area contributed by atoms with E-state index in [1.54, 1.807) is 14.2 Å². The molecule has 0 bridgehead atoms. The summed E-state index contributed by atoms with van der Waals surface area (Å²) < 4.78 is 15.6. The number of ether oxygens (including phenoxy) is 3. The van der Waals surface area contributed by atoms with E-state index in [4.69, 9.17) is 14.2 Å². The highest BCUT2D eigenvalue weighted by Gasteiger charge is 2.22. The number of halogens is 1. The third-order valence-electron chi connectivity index (χ3n) is 4.47. The molecule has 1 aromatic carbocycles. The van der Waals surface area contributed by atoms with Crippen molar-refractivity contribution in [3.8, 4) is 11.5 Å². The molecule has 0 saturated heterocycles.